The summed E-state index contributed by atoms with van der Waals surface area (Å²) in [4.78, 5) is 62.9. The van der Waals surface area contributed by atoms with Gasteiger partial charge in [0, 0.05) is 19.5 Å². The van der Waals surface area contributed by atoms with E-state index in [-0.39, 0.29) is 152 Å². The van der Waals surface area contributed by atoms with Gasteiger partial charge in [0.15, 0.2) is 0 Å². The van der Waals surface area contributed by atoms with Gasteiger partial charge in [0.2, 0.25) is 0 Å². The van der Waals surface area contributed by atoms with Gasteiger partial charge in [-0.05, 0) is 77.0 Å². The number of carbonyl (C=O) groups is 6. The molecule has 0 unspecified atom stereocenters. The number of hydrogen-bond donors (Lipinski definition) is 6. The van der Waals surface area contributed by atoms with Crippen molar-refractivity contribution in [3.05, 3.63) is 56.3 Å². The minimum absolute atomic E-state index is 0. The first kappa shape index (κ1) is 106. The summed E-state index contributed by atoms with van der Waals surface area (Å²) in [5, 5.41) is 76.5. The molecule has 25 nitrogen and oxygen atoms in total. The molecule has 3 aliphatic carbocycles. The van der Waals surface area contributed by atoms with E-state index in [2.05, 4.69) is 31.9 Å². The first-order valence-electron chi connectivity index (χ1n) is 27.3. The van der Waals surface area contributed by atoms with Crippen molar-refractivity contribution in [3.63, 3.8) is 0 Å². The molecule has 29 heteroatoms. The Balaban J connectivity index is -0.0000000780. The van der Waals surface area contributed by atoms with E-state index in [0.29, 0.717) is 77.0 Å². The van der Waals surface area contributed by atoms with Gasteiger partial charge in [0.05, 0.1) is 35.5 Å². The molecule has 0 amide bonds. The number of hydrogen-bond acceptors (Lipinski definition) is 6. The molecule has 83 heavy (non-hydrogen) atoms. The van der Waals surface area contributed by atoms with Crippen LogP contribution in [-0.4, -0.2) is 177 Å². The van der Waals surface area contributed by atoms with Crippen LogP contribution < -0.4 is 0 Å². The summed E-state index contributed by atoms with van der Waals surface area (Å²) >= 11 is 0. The van der Waals surface area contributed by atoms with E-state index in [4.69, 9.17) is 30.6 Å². The normalized spacial score (nSPS) is 22.8. The van der Waals surface area contributed by atoms with Gasteiger partial charge in [-0.2, -0.15) is 6.20 Å². The van der Waals surface area contributed by atoms with E-state index in [1.165, 1.54) is 96.3 Å². The molecule has 3 saturated carbocycles. The van der Waals surface area contributed by atoms with E-state index in [9.17, 15) is 28.8 Å². The number of rotatable bonds is 6. The summed E-state index contributed by atoms with van der Waals surface area (Å²) in [7, 11) is 0. The Bertz CT molecular complexity index is 1190. The average molecular weight is 1410 g/mol. The van der Waals surface area contributed by atoms with E-state index in [0.717, 1.165) is 72.0 Å². The third-order valence-corrected chi connectivity index (χ3v) is 13.6. The molecule has 9 aliphatic rings. The minimum atomic E-state index is -0.793. The Morgan fingerprint density at radius 1 is 0.277 bits per heavy atom. The maximum absolute atomic E-state index is 10.5. The van der Waals surface area contributed by atoms with Crippen LogP contribution in [0.3, 0.4) is 0 Å². The fourth-order valence-corrected chi connectivity index (χ4v) is 8.81. The first-order chi connectivity index (χ1) is 34.8. The van der Waals surface area contributed by atoms with Crippen LogP contribution >= 0.6 is 0 Å². The number of aliphatic carboxylic acids is 6. The fraction of sp³-hybridized carbons (Fsp3) is 0.815. The molecule has 8 fully saturated rings. The second kappa shape index (κ2) is 74.4. The number of nitrogens with zero attached hydrogens (tertiary/aromatic N) is 6. The van der Waals surface area contributed by atoms with Crippen molar-refractivity contribution in [1.82, 2.24) is 0 Å². The van der Waals surface area contributed by atoms with Crippen LogP contribution in [0.15, 0.2) is 24.4 Å². The number of carboxylic acid groups (broad SMARTS) is 6. The van der Waals surface area contributed by atoms with Crippen LogP contribution in [0, 0.1) is 35.5 Å². The van der Waals surface area contributed by atoms with Crippen molar-refractivity contribution in [1.29, 1.82) is 0 Å². The van der Waals surface area contributed by atoms with Crippen LogP contribution in [0.1, 0.15) is 173 Å². The molecule has 0 radical (unpaired) electrons. The molecule has 5 saturated heterocycles. The van der Waals surface area contributed by atoms with Crippen molar-refractivity contribution in [2.75, 3.05) is 72.0 Å². The van der Waals surface area contributed by atoms with Crippen molar-refractivity contribution >= 4 is 35.8 Å². The minimum Gasteiger partial charge on any atom is -0.687 e. The molecule has 9 rings (SSSR count). The topological polar surface area (TPSA) is 529 Å². The van der Waals surface area contributed by atoms with Crippen LogP contribution in [0.25, 0.3) is 31.9 Å². The van der Waals surface area contributed by atoms with E-state index < -0.39 is 35.8 Å². The molecule has 0 aromatic heterocycles. The summed E-state index contributed by atoms with van der Waals surface area (Å²) in [5.74, 6) is -6.67. The molecular formula is C54H106N6O19Zn4. The van der Waals surface area contributed by atoms with Gasteiger partial charge in [-0.15, -0.1) is 78.1 Å². The van der Waals surface area contributed by atoms with E-state index >= 15 is 0 Å². The largest absolute Gasteiger partial charge is 2.00 e. The molecule has 0 aromatic rings. The van der Waals surface area contributed by atoms with Crippen molar-refractivity contribution in [3.8, 4) is 0 Å². The van der Waals surface area contributed by atoms with Gasteiger partial charge in [-0.3, -0.25) is 28.8 Å². The Morgan fingerprint density at radius 3 is 0.482 bits per heavy atom. The maximum Gasteiger partial charge on any atom is 2.00 e. The van der Waals surface area contributed by atoms with Gasteiger partial charge in [-0.25, -0.2) is 0 Å². The third-order valence-electron chi connectivity index (χ3n) is 13.6. The second-order valence-electron chi connectivity index (χ2n) is 19.5. The molecule has 0 bridgehead atoms. The number of carboxylic acids is 6. The Kier molecular flexibility index (Phi) is 94.9. The quantitative estimate of drug-likeness (QED) is 0.160. The SMILES string of the molecule is C1=CC[N-]C=C1.C1CC[N-]CC1.C1CC[N-]CC1.C1CC[N-]CC1.C1CC[N-]CC1.C1CC[N-]CC1.O.O.O.O.O.O.O.O=C(O)C1CCC(C(=O)O)CC1.O=C(O)C1CCC(C(=O)O)CC1.O=C(O)C1CCC(C(=O)O)CC1.[Zn+2].[Zn+2].[Zn+2].[Zn]. The Morgan fingerprint density at radius 2 is 0.434 bits per heavy atom. The fourth-order valence-electron chi connectivity index (χ4n) is 8.81. The summed E-state index contributed by atoms with van der Waals surface area (Å²) in [5.41, 5.74) is 0. The summed E-state index contributed by atoms with van der Waals surface area (Å²) in [6, 6.07) is 0. The predicted octanol–water partition coefficient (Wildman–Crippen LogP) is 6.27. The molecule has 6 aliphatic heterocycles. The molecule has 20 N–H and O–H groups in total. The summed E-state index contributed by atoms with van der Waals surface area (Å²) in [6.45, 7) is 12.1. The van der Waals surface area contributed by atoms with E-state index in [1.54, 1.807) is 6.20 Å². The predicted molar refractivity (Wildman–Crippen MR) is 309 cm³/mol. The van der Waals surface area contributed by atoms with Crippen molar-refractivity contribution in [2.24, 2.45) is 35.5 Å². The second-order valence-corrected chi connectivity index (χ2v) is 19.5. The average Bonchev–Trinajstić information content (AvgIpc) is 3.45. The van der Waals surface area contributed by atoms with Gasteiger partial charge in [-0.1, -0.05) is 108 Å². The first-order valence-corrected chi connectivity index (χ1v) is 27.3. The zero-order chi connectivity index (χ0) is 52.9. The number of allylic oxidation sites excluding steroid dienone is 2. The van der Waals surface area contributed by atoms with E-state index in [1.807, 2.05) is 18.2 Å². The third kappa shape index (κ3) is 63.0. The van der Waals surface area contributed by atoms with Crippen LogP contribution in [0.5, 0.6) is 0 Å². The van der Waals surface area contributed by atoms with Gasteiger partial charge in [0.25, 0.3) is 0 Å². The maximum atomic E-state index is 10.5. The van der Waals surface area contributed by atoms with Crippen LogP contribution in [0.4, 0.5) is 0 Å². The number of piperidine rings is 5. The molecule has 474 valence electrons. The summed E-state index contributed by atoms with van der Waals surface area (Å²) in [6.07, 6.45) is 34.2. The molecule has 0 aromatic carbocycles. The summed E-state index contributed by atoms with van der Waals surface area (Å²) < 4.78 is 0. The van der Waals surface area contributed by atoms with Crippen molar-refractivity contribution in [2.45, 2.75) is 173 Å². The zero-order valence-electron chi connectivity index (χ0n) is 49.8. The monoisotopic (exact) mass is 1400 g/mol. The molecule has 0 spiro atoms. The molecule has 6 heterocycles. The molecule has 0 atom stereocenters. The Hall–Kier alpha value is -1.89. The van der Waals surface area contributed by atoms with Crippen LogP contribution in [-0.2, 0) is 107 Å². The molecular weight excluding hydrogens is 1300 g/mol. The van der Waals surface area contributed by atoms with Gasteiger partial charge in [0.1, 0.15) is 0 Å². The van der Waals surface area contributed by atoms with Gasteiger partial charge >= 0.3 is 94.2 Å². The zero-order valence-corrected chi connectivity index (χ0v) is 61.7. The standard InChI is InChI=1S/3C8H12O4.5C5H10N.C5H6N.7H2O.4Zn/c3*9-7(10)5-1-2-6(4-3-5)8(11)12;6*1-2-4-6-5-3-1;;;;;;;;;;;/h3*5-6H,1-4H2,(H,9,10)(H,11,12);5*1-5H2;1-4H,5H2;7*1H2;;;;/q;;;6*-1;;;;;;;;;3*+2. The smallest absolute Gasteiger partial charge is 0.687 e. The Labute approximate surface area is 545 Å². The van der Waals surface area contributed by atoms with Crippen LogP contribution in [0.2, 0.25) is 0 Å². The van der Waals surface area contributed by atoms with Crippen molar-refractivity contribution < 1.29 is 176 Å². The van der Waals surface area contributed by atoms with Gasteiger partial charge < -0.3 is 101 Å².